The third-order valence-electron chi connectivity index (χ3n) is 3.45. The summed E-state index contributed by atoms with van der Waals surface area (Å²) in [5, 5.41) is 6.58. The Labute approximate surface area is 170 Å². The van der Waals surface area contributed by atoms with Crippen LogP contribution in [-0.4, -0.2) is 17.8 Å². The average molecular weight is 447 g/mol. The maximum atomic E-state index is 5.98. The number of nitrogens with two attached hydrogens (primary N) is 1. The van der Waals surface area contributed by atoms with Crippen molar-refractivity contribution >= 4 is 44.4 Å². The smallest absolute Gasteiger partial charge is 0.205 e. The van der Waals surface area contributed by atoms with Gasteiger partial charge in [0.25, 0.3) is 0 Å². The van der Waals surface area contributed by atoms with Crippen LogP contribution in [-0.2, 0) is 6.61 Å². The highest BCUT2D eigenvalue weighted by Gasteiger charge is 2.12. The molecule has 0 unspecified atom stereocenters. The third-order valence-corrected chi connectivity index (χ3v) is 4.81. The van der Waals surface area contributed by atoms with E-state index in [1.54, 1.807) is 11.6 Å². The lowest BCUT2D eigenvalue weighted by Crippen LogP contribution is -2.01. The number of hydrazone groups is 1. The quantitative estimate of drug-likeness (QED) is 0.379. The van der Waals surface area contributed by atoms with Crippen molar-refractivity contribution in [2.45, 2.75) is 13.5 Å². The van der Waals surface area contributed by atoms with E-state index in [2.05, 4.69) is 31.4 Å². The van der Waals surface area contributed by atoms with Crippen LogP contribution in [0.3, 0.4) is 0 Å². The van der Waals surface area contributed by atoms with Crippen molar-refractivity contribution in [1.29, 1.82) is 0 Å². The van der Waals surface area contributed by atoms with Crippen molar-refractivity contribution in [2.24, 2.45) is 5.10 Å². The summed E-state index contributed by atoms with van der Waals surface area (Å²) in [6.45, 7) is 2.93. The van der Waals surface area contributed by atoms with Crippen LogP contribution in [0.25, 0.3) is 0 Å². The molecule has 1 aromatic heterocycles. The number of benzene rings is 2. The van der Waals surface area contributed by atoms with Gasteiger partial charge in [0.15, 0.2) is 11.5 Å². The number of halogens is 1. The Balaban J connectivity index is 1.74. The van der Waals surface area contributed by atoms with E-state index >= 15 is 0 Å². The van der Waals surface area contributed by atoms with E-state index in [0.717, 1.165) is 15.6 Å². The molecule has 1 heterocycles. The van der Waals surface area contributed by atoms with Gasteiger partial charge < -0.3 is 15.2 Å². The summed E-state index contributed by atoms with van der Waals surface area (Å²) >= 11 is 4.96. The van der Waals surface area contributed by atoms with Crippen LogP contribution in [0, 0.1) is 0 Å². The molecular weight excluding hydrogens is 428 g/mol. The molecular formula is C19H19BrN4O2S. The molecule has 3 N–H and O–H groups in total. The van der Waals surface area contributed by atoms with Gasteiger partial charge in [0.1, 0.15) is 12.4 Å². The lowest BCUT2D eigenvalue weighted by molar-refractivity contribution is 0.267. The van der Waals surface area contributed by atoms with Crippen LogP contribution in [0.2, 0.25) is 0 Å². The molecule has 0 aliphatic rings. The van der Waals surface area contributed by atoms with Crippen LogP contribution >= 0.6 is 27.3 Å². The van der Waals surface area contributed by atoms with Gasteiger partial charge in [0, 0.05) is 5.38 Å². The number of nitrogen functional groups attached to an aromatic ring is 1. The molecule has 0 radical (unpaired) electrons. The highest BCUT2D eigenvalue weighted by atomic mass is 79.9. The van der Waals surface area contributed by atoms with Crippen LogP contribution in [0.1, 0.15) is 18.1 Å². The summed E-state index contributed by atoms with van der Waals surface area (Å²) in [7, 11) is 0. The molecule has 0 bridgehead atoms. The fourth-order valence-electron chi connectivity index (χ4n) is 2.29. The average Bonchev–Trinajstić information content (AvgIpc) is 3.07. The van der Waals surface area contributed by atoms with Crippen molar-refractivity contribution < 1.29 is 9.47 Å². The van der Waals surface area contributed by atoms with E-state index in [1.165, 1.54) is 11.3 Å². The monoisotopic (exact) mass is 446 g/mol. The van der Waals surface area contributed by atoms with Gasteiger partial charge in [-0.25, -0.2) is 4.98 Å². The zero-order valence-electron chi connectivity index (χ0n) is 14.7. The van der Waals surface area contributed by atoms with Crippen LogP contribution in [0.15, 0.2) is 57.4 Å². The minimum atomic E-state index is 0.458. The first-order valence-electron chi connectivity index (χ1n) is 8.29. The number of thiazole rings is 1. The van der Waals surface area contributed by atoms with E-state index in [-0.39, 0.29) is 0 Å². The number of ether oxygens (including phenoxy) is 2. The summed E-state index contributed by atoms with van der Waals surface area (Å²) in [6, 6.07) is 13.8. The maximum absolute atomic E-state index is 5.98. The number of anilines is 2. The van der Waals surface area contributed by atoms with Crippen molar-refractivity contribution in [2.75, 3.05) is 17.8 Å². The van der Waals surface area contributed by atoms with E-state index in [1.807, 2.05) is 49.4 Å². The molecule has 3 rings (SSSR count). The predicted octanol–water partition coefficient (Wildman–Crippen LogP) is 4.91. The Kier molecular flexibility index (Phi) is 6.67. The van der Waals surface area contributed by atoms with Gasteiger partial charge in [0.05, 0.1) is 17.3 Å². The topological polar surface area (TPSA) is 81.8 Å². The van der Waals surface area contributed by atoms with Crippen LogP contribution < -0.4 is 20.6 Å². The Bertz CT molecular complexity index is 915. The number of nitrogens with one attached hydrogen (secondary N) is 1. The largest absolute Gasteiger partial charge is 0.490 e. The standard InChI is InChI=1S/C19H19BrN4O2S/c1-2-25-16-9-14(10-22-24-19-23-17(21)12-27-19)8-15(20)18(16)26-11-13-6-4-3-5-7-13/h3-10,12H,2,11,21H2,1H3,(H,23,24). The molecule has 27 heavy (non-hydrogen) atoms. The molecule has 0 atom stereocenters. The second-order valence-corrected chi connectivity index (χ2v) is 7.20. The molecule has 8 heteroatoms. The van der Waals surface area contributed by atoms with Crippen molar-refractivity contribution in [3.63, 3.8) is 0 Å². The molecule has 3 aromatic rings. The van der Waals surface area contributed by atoms with E-state index in [9.17, 15) is 0 Å². The van der Waals surface area contributed by atoms with E-state index < -0.39 is 0 Å². The molecule has 6 nitrogen and oxygen atoms in total. The molecule has 0 spiro atoms. The number of hydrogen-bond acceptors (Lipinski definition) is 7. The normalized spacial score (nSPS) is 10.9. The van der Waals surface area contributed by atoms with Gasteiger partial charge in [0.2, 0.25) is 5.13 Å². The number of hydrogen-bond donors (Lipinski definition) is 2. The first kappa shape index (κ1) is 19.2. The number of nitrogens with zero attached hydrogens (tertiary/aromatic N) is 2. The van der Waals surface area contributed by atoms with Crippen LogP contribution in [0.5, 0.6) is 11.5 Å². The highest BCUT2D eigenvalue weighted by Crippen LogP contribution is 2.37. The first-order valence-corrected chi connectivity index (χ1v) is 9.96. The van der Waals surface area contributed by atoms with Gasteiger partial charge in [-0.15, -0.1) is 11.3 Å². The number of aromatic nitrogens is 1. The van der Waals surface area contributed by atoms with Crippen molar-refractivity contribution in [3.8, 4) is 11.5 Å². The Hall–Kier alpha value is -2.58. The van der Waals surface area contributed by atoms with Gasteiger partial charge in [-0.2, -0.15) is 5.10 Å². The number of rotatable bonds is 8. The first-order chi connectivity index (χ1) is 13.2. The molecule has 0 saturated heterocycles. The van der Waals surface area contributed by atoms with Gasteiger partial charge >= 0.3 is 0 Å². The fourth-order valence-corrected chi connectivity index (χ4v) is 3.42. The lowest BCUT2D eigenvalue weighted by atomic mass is 10.2. The Morgan fingerprint density at radius 1 is 1.26 bits per heavy atom. The zero-order chi connectivity index (χ0) is 19.1. The molecule has 0 saturated carbocycles. The molecule has 140 valence electrons. The second kappa shape index (κ2) is 9.38. The molecule has 2 aromatic carbocycles. The fraction of sp³-hybridized carbons (Fsp3) is 0.158. The summed E-state index contributed by atoms with van der Waals surface area (Å²) in [5.41, 5.74) is 10.4. The summed E-state index contributed by atoms with van der Waals surface area (Å²) in [6.07, 6.45) is 1.69. The third kappa shape index (κ3) is 5.45. The maximum Gasteiger partial charge on any atom is 0.205 e. The molecule has 0 fully saturated rings. The predicted molar refractivity (Wildman–Crippen MR) is 114 cm³/mol. The lowest BCUT2D eigenvalue weighted by Gasteiger charge is -2.14. The van der Waals surface area contributed by atoms with Gasteiger partial charge in [-0.3, -0.25) is 5.43 Å². The second-order valence-electron chi connectivity index (χ2n) is 5.48. The summed E-state index contributed by atoms with van der Waals surface area (Å²) < 4.78 is 12.5. The van der Waals surface area contributed by atoms with Crippen molar-refractivity contribution in [1.82, 2.24) is 4.98 Å². The summed E-state index contributed by atoms with van der Waals surface area (Å²) in [4.78, 5) is 4.09. The summed E-state index contributed by atoms with van der Waals surface area (Å²) in [5.74, 6) is 1.79. The van der Waals surface area contributed by atoms with Gasteiger partial charge in [-0.05, 0) is 46.1 Å². The molecule has 0 amide bonds. The Morgan fingerprint density at radius 3 is 2.78 bits per heavy atom. The SMILES string of the molecule is CCOc1cc(C=NNc2nc(N)cs2)cc(Br)c1OCc1ccccc1. The highest BCUT2D eigenvalue weighted by molar-refractivity contribution is 9.10. The minimum absolute atomic E-state index is 0.458. The van der Waals surface area contributed by atoms with Gasteiger partial charge in [-0.1, -0.05) is 30.3 Å². The zero-order valence-corrected chi connectivity index (χ0v) is 17.1. The van der Waals surface area contributed by atoms with Crippen LogP contribution in [0.4, 0.5) is 10.9 Å². The van der Waals surface area contributed by atoms with E-state index in [4.69, 9.17) is 15.2 Å². The molecule has 0 aliphatic carbocycles. The minimum Gasteiger partial charge on any atom is -0.490 e. The molecule has 0 aliphatic heterocycles. The van der Waals surface area contributed by atoms with E-state index in [0.29, 0.717) is 35.7 Å². The Morgan fingerprint density at radius 2 is 2.07 bits per heavy atom. The van der Waals surface area contributed by atoms with Crippen molar-refractivity contribution in [3.05, 3.63) is 63.4 Å².